The maximum atomic E-state index is 6.29. The third kappa shape index (κ3) is 5.67. The Balaban J connectivity index is 1.16. The van der Waals surface area contributed by atoms with Gasteiger partial charge in [-0.3, -0.25) is 0 Å². The Morgan fingerprint density at radius 2 is 0.679 bits per heavy atom. The molecule has 0 spiro atoms. The molecule has 8 aromatic carbocycles. The largest absolute Gasteiger partial charge is 0.399 e. The minimum Gasteiger partial charge on any atom is -0.399 e. The van der Waals surface area contributed by atoms with Gasteiger partial charge in [-0.2, -0.15) is 0 Å². The van der Waals surface area contributed by atoms with E-state index in [2.05, 4.69) is 133 Å². The summed E-state index contributed by atoms with van der Waals surface area (Å²) < 4.78 is 0. The molecule has 9 aromatic rings. The van der Waals surface area contributed by atoms with Crippen LogP contribution in [0.5, 0.6) is 0 Å². The molecule has 1 aliphatic rings. The summed E-state index contributed by atoms with van der Waals surface area (Å²) in [5.41, 5.74) is 21.1. The second-order valence-electron chi connectivity index (χ2n) is 14.2. The molecule has 0 atom stereocenters. The van der Waals surface area contributed by atoms with E-state index >= 15 is 0 Å². The van der Waals surface area contributed by atoms with E-state index in [0.717, 1.165) is 44.6 Å². The third-order valence-electron chi connectivity index (χ3n) is 10.9. The van der Waals surface area contributed by atoms with Gasteiger partial charge in [-0.25, -0.2) is 15.0 Å². The molecule has 0 saturated heterocycles. The Morgan fingerprint density at radius 3 is 1.16 bits per heavy atom. The number of aromatic nitrogens is 3. The Hall–Kier alpha value is -7.43. The van der Waals surface area contributed by atoms with Gasteiger partial charge in [0.05, 0.1) is 5.41 Å². The lowest BCUT2D eigenvalue weighted by Crippen LogP contribution is -2.28. The van der Waals surface area contributed by atoms with Crippen LogP contribution in [0.15, 0.2) is 206 Å². The zero-order chi connectivity index (χ0) is 37.5. The highest BCUT2D eigenvalue weighted by molar-refractivity contribution is 5.90. The van der Waals surface area contributed by atoms with Crippen LogP contribution in [0.3, 0.4) is 0 Å². The molecular weight excluding hydrogens is 681 g/mol. The van der Waals surface area contributed by atoms with Gasteiger partial charge >= 0.3 is 0 Å². The summed E-state index contributed by atoms with van der Waals surface area (Å²) >= 11 is 0. The van der Waals surface area contributed by atoms with Gasteiger partial charge in [-0.15, -0.1) is 0 Å². The Morgan fingerprint density at radius 1 is 0.304 bits per heavy atom. The number of nitrogen functional groups attached to an aromatic ring is 1. The molecule has 1 aliphatic carbocycles. The fraction of sp³-hybridized carbons (Fsp3) is 0.0192. The Kier molecular flexibility index (Phi) is 8.15. The molecule has 0 bridgehead atoms. The lowest BCUT2D eigenvalue weighted by molar-refractivity contribution is 0.769. The van der Waals surface area contributed by atoms with Crippen molar-refractivity contribution in [2.24, 2.45) is 0 Å². The molecule has 0 fully saturated rings. The van der Waals surface area contributed by atoms with Crippen LogP contribution in [0.1, 0.15) is 22.3 Å². The van der Waals surface area contributed by atoms with Crippen molar-refractivity contribution in [2.75, 3.05) is 5.73 Å². The van der Waals surface area contributed by atoms with E-state index in [4.69, 9.17) is 20.7 Å². The molecule has 264 valence electrons. The van der Waals surface area contributed by atoms with Crippen molar-refractivity contribution < 1.29 is 0 Å². The van der Waals surface area contributed by atoms with E-state index < -0.39 is 5.41 Å². The monoisotopic (exact) mass is 716 g/mol. The first-order valence-corrected chi connectivity index (χ1v) is 18.9. The van der Waals surface area contributed by atoms with Gasteiger partial charge in [0.2, 0.25) is 0 Å². The van der Waals surface area contributed by atoms with E-state index in [1.807, 2.05) is 72.8 Å². The number of nitrogens with two attached hydrogens (primary N) is 1. The van der Waals surface area contributed by atoms with Gasteiger partial charge in [-0.1, -0.05) is 176 Å². The van der Waals surface area contributed by atoms with Gasteiger partial charge in [0.1, 0.15) is 0 Å². The van der Waals surface area contributed by atoms with Crippen molar-refractivity contribution in [3.05, 3.63) is 229 Å². The molecule has 1 heterocycles. The van der Waals surface area contributed by atoms with Crippen LogP contribution >= 0.6 is 0 Å². The zero-order valence-corrected chi connectivity index (χ0v) is 30.5. The minimum atomic E-state index is -0.569. The van der Waals surface area contributed by atoms with Crippen LogP contribution < -0.4 is 5.73 Å². The second-order valence-corrected chi connectivity index (χ2v) is 14.2. The lowest BCUT2D eigenvalue weighted by Gasteiger charge is -2.34. The van der Waals surface area contributed by atoms with Crippen LogP contribution in [0.25, 0.3) is 67.5 Å². The van der Waals surface area contributed by atoms with Crippen molar-refractivity contribution >= 4 is 5.69 Å². The van der Waals surface area contributed by atoms with Crippen molar-refractivity contribution in [3.63, 3.8) is 0 Å². The first-order valence-electron chi connectivity index (χ1n) is 18.9. The number of fused-ring (bicyclic) bond motifs is 3. The highest BCUT2D eigenvalue weighted by Gasteiger charge is 2.46. The van der Waals surface area contributed by atoms with Gasteiger partial charge < -0.3 is 5.73 Å². The van der Waals surface area contributed by atoms with E-state index in [-0.39, 0.29) is 0 Å². The van der Waals surface area contributed by atoms with Crippen LogP contribution in [0.2, 0.25) is 0 Å². The molecule has 0 amide bonds. The minimum absolute atomic E-state index is 0.569. The van der Waals surface area contributed by atoms with Gasteiger partial charge in [0.15, 0.2) is 17.5 Å². The quantitative estimate of drug-likeness (QED) is 0.167. The second kappa shape index (κ2) is 13.8. The smallest absolute Gasteiger partial charge is 0.164 e. The summed E-state index contributed by atoms with van der Waals surface area (Å²) in [6.45, 7) is 0. The number of rotatable bonds is 7. The summed E-state index contributed by atoms with van der Waals surface area (Å²) in [6.07, 6.45) is 0. The van der Waals surface area contributed by atoms with Crippen LogP contribution in [0, 0.1) is 0 Å². The molecule has 0 unspecified atom stereocenters. The van der Waals surface area contributed by atoms with Gasteiger partial charge in [0.25, 0.3) is 0 Å². The molecule has 1 aromatic heterocycles. The molecule has 4 heteroatoms. The van der Waals surface area contributed by atoms with Crippen LogP contribution in [0.4, 0.5) is 5.69 Å². The first-order chi connectivity index (χ1) is 27.6. The zero-order valence-electron chi connectivity index (χ0n) is 30.5. The van der Waals surface area contributed by atoms with E-state index in [0.29, 0.717) is 17.5 Å². The fourth-order valence-electron chi connectivity index (χ4n) is 8.34. The molecule has 10 rings (SSSR count). The number of hydrogen-bond acceptors (Lipinski definition) is 4. The summed E-state index contributed by atoms with van der Waals surface area (Å²) in [5, 5.41) is 0. The van der Waals surface area contributed by atoms with Crippen molar-refractivity contribution in [3.8, 4) is 67.5 Å². The average Bonchev–Trinajstić information content (AvgIpc) is 3.57. The highest BCUT2D eigenvalue weighted by atomic mass is 15.0. The number of nitrogens with zero attached hydrogens (tertiary/aromatic N) is 3. The summed E-state index contributed by atoms with van der Waals surface area (Å²) in [7, 11) is 0. The van der Waals surface area contributed by atoms with Crippen molar-refractivity contribution in [1.82, 2.24) is 15.0 Å². The molecular formula is C52H36N4. The number of anilines is 1. The maximum absolute atomic E-state index is 6.29. The molecule has 56 heavy (non-hydrogen) atoms. The predicted octanol–water partition coefficient (Wildman–Crippen LogP) is 12.2. The number of hydrogen-bond donors (Lipinski definition) is 1. The van der Waals surface area contributed by atoms with Crippen LogP contribution in [-0.2, 0) is 5.41 Å². The molecule has 0 aliphatic heterocycles. The summed E-state index contributed by atoms with van der Waals surface area (Å²) in [6, 6.07) is 72.6. The van der Waals surface area contributed by atoms with Crippen molar-refractivity contribution in [2.45, 2.75) is 5.41 Å². The van der Waals surface area contributed by atoms with Gasteiger partial charge in [0, 0.05) is 22.4 Å². The highest BCUT2D eigenvalue weighted by Crippen LogP contribution is 2.57. The predicted molar refractivity (Wildman–Crippen MR) is 229 cm³/mol. The summed E-state index contributed by atoms with van der Waals surface area (Å²) in [4.78, 5) is 15.0. The first kappa shape index (κ1) is 33.2. The maximum Gasteiger partial charge on any atom is 0.164 e. The van der Waals surface area contributed by atoms with Gasteiger partial charge in [-0.05, 0) is 86.0 Å². The topological polar surface area (TPSA) is 64.7 Å². The average molecular weight is 717 g/mol. The number of benzene rings is 8. The fourth-order valence-corrected chi connectivity index (χ4v) is 8.34. The standard InChI is InChI=1S/C52H36N4/c53-44-26-14-20-38(32-44)40-28-30-46-45-29-27-39(33-47(45)52(48(46)34-40,42-22-9-3-10-23-42)43-24-11-4-12-25-43)37-19-13-21-41(31-37)51-55-49(35-15-5-1-6-16-35)54-50(56-51)36-17-7-2-8-18-36/h1-34H,53H2. The lowest BCUT2D eigenvalue weighted by atomic mass is 9.67. The third-order valence-corrected chi connectivity index (χ3v) is 10.9. The Labute approximate surface area is 326 Å². The SMILES string of the molecule is Nc1cccc(-c2ccc3c(c2)C(c2ccccc2)(c2ccccc2)c2cc(-c4cccc(-c5nc(-c6ccccc6)nc(-c6ccccc6)n5)c4)ccc2-3)c1. The van der Waals surface area contributed by atoms with E-state index in [9.17, 15) is 0 Å². The van der Waals surface area contributed by atoms with E-state index in [1.54, 1.807) is 0 Å². The molecule has 0 saturated carbocycles. The molecule has 2 N–H and O–H groups in total. The molecule has 0 radical (unpaired) electrons. The summed E-state index contributed by atoms with van der Waals surface area (Å²) in [5.74, 6) is 1.91. The Bertz CT molecular complexity index is 2760. The van der Waals surface area contributed by atoms with Crippen molar-refractivity contribution in [1.29, 1.82) is 0 Å². The van der Waals surface area contributed by atoms with E-state index in [1.165, 1.54) is 33.4 Å². The molecule has 4 nitrogen and oxygen atoms in total. The van der Waals surface area contributed by atoms with Crippen LogP contribution in [-0.4, -0.2) is 15.0 Å². The normalized spacial score (nSPS) is 12.5.